The van der Waals surface area contributed by atoms with Crippen LogP contribution in [0.25, 0.3) is 0 Å². The number of halogens is 2. The van der Waals surface area contributed by atoms with Gasteiger partial charge in [-0.1, -0.05) is 0 Å². The Morgan fingerprint density at radius 2 is 1.84 bits per heavy atom. The smallest absolute Gasteiger partial charge is 0.409 e. The first-order valence-electron chi connectivity index (χ1n) is 8.60. The van der Waals surface area contributed by atoms with E-state index in [0.29, 0.717) is 0 Å². The molecule has 1 amide bonds. The van der Waals surface area contributed by atoms with Gasteiger partial charge < -0.3 is 9.84 Å². The number of ether oxygens (including phenoxy) is 1. The predicted octanol–water partition coefficient (Wildman–Crippen LogP) is 1.56. The number of hydrogen-bond donors (Lipinski definition) is 3. The second-order valence-electron chi connectivity index (χ2n) is 6.59. The number of nitrogens with zero attached hydrogens (tertiary/aromatic N) is 1. The molecule has 10 nitrogen and oxygen atoms in total. The molecule has 1 heterocycles. The lowest BCUT2D eigenvalue weighted by Gasteiger charge is -2.35. The molecule has 1 atom stereocenters. The van der Waals surface area contributed by atoms with E-state index in [1.165, 1.54) is 0 Å². The number of carbonyl (C=O) groups is 1. The van der Waals surface area contributed by atoms with Crippen LogP contribution in [0, 0.1) is 11.6 Å². The molecule has 0 radical (unpaired) electrons. The number of nitrogens with one attached hydrogen (secondary N) is 2. The molecule has 2 aromatic carbocycles. The lowest BCUT2D eigenvalue weighted by molar-refractivity contribution is 0.194. The largest absolute Gasteiger partial charge is 0.482 e. The average molecular weight is 477 g/mol. The van der Waals surface area contributed by atoms with Gasteiger partial charge in [-0.3, -0.25) is 9.62 Å². The van der Waals surface area contributed by atoms with Gasteiger partial charge in [0.25, 0.3) is 10.0 Å². The quantitative estimate of drug-likeness (QED) is 0.573. The van der Waals surface area contributed by atoms with Crippen LogP contribution in [-0.2, 0) is 20.0 Å². The van der Waals surface area contributed by atoms with Gasteiger partial charge >= 0.3 is 6.09 Å². The summed E-state index contributed by atoms with van der Waals surface area (Å²) in [6, 6.07) is 5.74. The Morgan fingerprint density at radius 3 is 2.42 bits per heavy atom. The molecule has 2 aromatic rings. The average Bonchev–Trinajstić information content (AvgIpc) is 2.65. The highest BCUT2D eigenvalue weighted by Crippen LogP contribution is 2.41. The molecule has 0 saturated carbocycles. The summed E-state index contributed by atoms with van der Waals surface area (Å²) in [5, 5.41) is 10.8. The van der Waals surface area contributed by atoms with Crippen molar-refractivity contribution in [3.8, 4) is 5.75 Å². The molecule has 0 aliphatic carbocycles. The molecule has 168 valence electrons. The van der Waals surface area contributed by atoms with Crippen molar-refractivity contribution in [2.24, 2.45) is 0 Å². The van der Waals surface area contributed by atoms with Crippen LogP contribution in [0.4, 0.5) is 25.0 Å². The van der Waals surface area contributed by atoms with Crippen LogP contribution < -0.4 is 19.1 Å². The Bertz CT molecular complexity index is 1220. The summed E-state index contributed by atoms with van der Waals surface area (Å²) in [4.78, 5) is 10.6. The molecule has 1 unspecified atom stereocenters. The Hall–Kier alpha value is -2.97. The summed E-state index contributed by atoms with van der Waals surface area (Å²) in [6.07, 6.45) is -1.72. The van der Waals surface area contributed by atoms with Crippen LogP contribution in [-0.4, -0.2) is 53.5 Å². The maximum absolute atomic E-state index is 14.7. The molecule has 14 heteroatoms. The van der Waals surface area contributed by atoms with Crippen LogP contribution in [0.5, 0.6) is 5.75 Å². The lowest BCUT2D eigenvalue weighted by Crippen LogP contribution is -2.48. The summed E-state index contributed by atoms with van der Waals surface area (Å²) >= 11 is 0. The molecular weight excluding hydrogens is 460 g/mol. The van der Waals surface area contributed by atoms with Crippen molar-refractivity contribution in [2.75, 3.05) is 29.0 Å². The molecule has 0 saturated heterocycles. The highest BCUT2D eigenvalue weighted by atomic mass is 32.2. The van der Waals surface area contributed by atoms with Crippen molar-refractivity contribution < 1.29 is 40.3 Å². The van der Waals surface area contributed by atoms with Gasteiger partial charge in [-0.05, 0) is 30.3 Å². The first-order chi connectivity index (χ1) is 14.4. The Labute approximate surface area is 176 Å². The maximum atomic E-state index is 14.7. The SMILES string of the molecule is CS(=O)(=O)NCC1CN(S(=O)(=O)c2ccc(F)cc2)c2cc(NC(=O)O)cc(F)c2O1. The van der Waals surface area contributed by atoms with E-state index in [0.717, 1.165) is 47.0 Å². The number of hydrogen-bond acceptors (Lipinski definition) is 6. The van der Waals surface area contributed by atoms with E-state index in [1.54, 1.807) is 0 Å². The van der Waals surface area contributed by atoms with Crippen LogP contribution in [0.2, 0.25) is 0 Å². The fraction of sp³-hybridized carbons (Fsp3) is 0.235. The van der Waals surface area contributed by atoms with Crippen molar-refractivity contribution in [3.05, 3.63) is 48.0 Å². The molecule has 1 aliphatic rings. The van der Waals surface area contributed by atoms with E-state index in [9.17, 15) is 30.4 Å². The standard InChI is InChI=1S/C17H17F2N3O7S2/c1-30(25,26)20-8-12-9-22(31(27,28)13-4-2-10(18)3-5-13)15-7-11(21-17(23)24)6-14(19)16(15)29-12/h2-7,12,20-21H,8-9H2,1H3,(H,23,24). The van der Waals surface area contributed by atoms with Gasteiger partial charge in [-0.25, -0.2) is 35.1 Å². The van der Waals surface area contributed by atoms with Gasteiger partial charge in [-0.15, -0.1) is 0 Å². The molecule has 0 fully saturated rings. The normalized spacial score (nSPS) is 16.4. The molecular formula is C17H17F2N3O7S2. The Balaban J connectivity index is 2.10. The predicted molar refractivity (Wildman–Crippen MR) is 106 cm³/mol. The van der Waals surface area contributed by atoms with Crippen LogP contribution in [0.1, 0.15) is 0 Å². The lowest BCUT2D eigenvalue weighted by atomic mass is 10.2. The third-order valence-electron chi connectivity index (χ3n) is 4.17. The second-order valence-corrected chi connectivity index (χ2v) is 10.3. The summed E-state index contributed by atoms with van der Waals surface area (Å²) < 4.78 is 85.5. The van der Waals surface area contributed by atoms with Gasteiger partial charge in [0.15, 0.2) is 11.6 Å². The minimum atomic E-state index is -4.37. The van der Waals surface area contributed by atoms with Crippen LogP contribution in [0.3, 0.4) is 0 Å². The molecule has 0 spiro atoms. The number of rotatable bonds is 6. The first kappa shape index (κ1) is 22.7. The van der Waals surface area contributed by atoms with Crippen molar-refractivity contribution in [3.63, 3.8) is 0 Å². The monoisotopic (exact) mass is 477 g/mol. The summed E-state index contributed by atoms with van der Waals surface area (Å²) in [5.41, 5.74) is -0.553. The summed E-state index contributed by atoms with van der Waals surface area (Å²) in [7, 11) is -8.02. The summed E-state index contributed by atoms with van der Waals surface area (Å²) in [6.45, 7) is -0.784. The molecule has 0 aromatic heterocycles. The van der Waals surface area contributed by atoms with E-state index >= 15 is 0 Å². The molecule has 1 aliphatic heterocycles. The Kier molecular flexibility index (Phi) is 6.07. The molecule has 3 N–H and O–H groups in total. The van der Waals surface area contributed by atoms with E-state index in [-0.39, 0.29) is 22.8 Å². The topological polar surface area (TPSA) is 142 Å². The number of carboxylic acid groups (broad SMARTS) is 1. The van der Waals surface area contributed by atoms with Crippen molar-refractivity contribution >= 4 is 37.5 Å². The van der Waals surface area contributed by atoms with E-state index < -0.39 is 56.2 Å². The second kappa shape index (κ2) is 8.28. The van der Waals surface area contributed by atoms with Crippen LogP contribution >= 0.6 is 0 Å². The zero-order valence-corrected chi connectivity index (χ0v) is 17.5. The highest BCUT2D eigenvalue weighted by Gasteiger charge is 2.37. The zero-order chi connectivity index (χ0) is 23.0. The van der Waals surface area contributed by atoms with Gasteiger partial charge in [0.1, 0.15) is 11.9 Å². The van der Waals surface area contributed by atoms with Gasteiger partial charge in [0.05, 0.1) is 23.4 Å². The summed E-state index contributed by atoms with van der Waals surface area (Å²) in [5.74, 6) is -2.24. The number of anilines is 2. The number of benzene rings is 2. The van der Waals surface area contributed by atoms with Gasteiger partial charge in [-0.2, -0.15) is 0 Å². The fourth-order valence-electron chi connectivity index (χ4n) is 2.88. The van der Waals surface area contributed by atoms with E-state index in [1.807, 2.05) is 5.32 Å². The first-order valence-corrected chi connectivity index (χ1v) is 11.9. The number of fused-ring (bicyclic) bond motifs is 1. The third kappa shape index (κ3) is 5.21. The minimum Gasteiger partial charge on any atom is -0.482 e. The van der Waals surface area contributed by atoms with Crippen molar-refractivity contribution in [1.29, 1.82) is 0 Å². The maximum Gasteiger partial charge on any atom is 0.409 e. The van der Waals surface area contributed by atoms with Crippen molar-refractivity contribution in [2.45, 2.75) is 11.0 Å². The van der Waals surface area contributed by atoms with E-state index in [2.05, 4.69) is 4.72 Å². The molecule has 31 heavy (non-hydrogen) atoms. The van der Waals surface area contributed by atoms with Crippen molar-refractivity contribution in [1.82, 2.24) is 4.72 Å². The van der Waals surface area contributed by atoms with Gasteiger partial charge in [0.2, 0.25) is 10.0 Å². The number of amides is 1. The number of sulfonamides is 2. The molecule has 0 bridgehead atoms. The molecule has 3 rings (SSSR count). The fourth-order valence-corrected chi connectivity index (χ4v) is 4.86. The minimum absolute atomic E-state index is 0.251. The Morgan fingerprint density at radius 1 is 1.19 bits per heavy atom. The van der Waals surface area contributed by atoms with Crippen LogP contribution in [0.15, 0.2) is 41.3 Å². The third-order valence-corrected chi connectivity index (χ3v) is 6.66. The van der Waals surface area contributed by atoms with Gasteiger partial charge in [0, 0.05) is 18.3 Å². The highest BCUT2D eigenvalue weighted by molar-refractivity contribution is 7.92. The van der Waals surface area contributed by atoms with E-state index in [4.69, 9.17) is 9.84 Å². The zero-order valence-electron chi connectivity index (χ0n) is 15.9.